The molecule has 15 heavy (non-hydrogen) atoms. The first-order valence-corrected chi connectivity index (χ1v) is 6.10. The van der Waals surface area contributed by atoms with Crippen molar-refractivity contribution in [1.29, 1.82) is 0 Å². The maximum absolute atomic E-state index is 11.7. The maximum atomic E-state index is 11.7. The molecule has 1 aliphatic carbocycles. The lowest BCUT2D eigenvalue weighted by Gasteiger charge is -2.14. The van der Waals surface area contributed by atoms with Crippen molar-refractivity contribution in [2.45, 2.75) is 37.9 Å². The summed E-state index contributed by atoms with van der Waals surface area (Å²) >= 11 is 0. The summed E-state index contributed by atoms with van der Waals surface area (Å²) in [5.41, 5.74) is 0. The van der Waals surface area contributed by atoms with Crippen LogP contribution in [0.2, 0.25) is 0 Å². The van der Waals surface area contributed by atoms with Gasteiger partial charge in [-0.25, -0.2) is 0 Å². The fourth-order valence-electron chi connectivity index (χ4n) is 1.48. The van der Waals surface area contributed by atoms with Gasteiger partial charge in [0.05, 0.1) is 0 Å². The van der Waals surface area contributed by atoms with E-state index in [1.54, 1.807) is 0 Å². The molecule has 1 saturated carbocycles. The third-order valence-corrected chi connectivity index (χ3v) is 3.31. The van der Waals surface area contributed by atoms with Crippen LogP contribution in [0.3, 0.4) is 0 Å². The molecule has 0 unspecified atom stereocenters. The van der Waals surface area contributed by atoms with Gasteiger partial charge in [0.15, 0.2) is 0 Å². The first-order chi connectivity index (χ1) is 6.79. The minimum absolute atomic E-state index is 0.226. The summed E-state index contributed by atoms with van der Waals surface area (Å²) in [6.45, 7) is -1.53. The summed E-state index contributed by atoms with van der Waals surface area (Å²) < 4.78 is 61.1. The smallest absolute Gasteiger partial charge is 0.199 e. The lowest BCUT2D eigenvalue weighted by Crippen LogP contribution is -2.44. The zero-order chi connectivity index (χ0) is 11.5. The average molecular weight is 246 g/mol. The van der Waals surface area contributed by atoms with Crippen LogP contribution in [-0.4, -0.2) is 27.2 Å². The summed E-state index contributed by atoms with van der Waals surface area (Å²) in [5.74, 6) is 0. The number of alkyl halides is 3. The molecule has 0 bridgehead atoms. The number of hydrogen-bond donors (Lipinski definition) is 2. The van der Waals surface area contributed by atoms with Crippen molar-refractivity contribution < 1.29 is 21.6 Å². The average Bonchev–Trinajstić information content (AvgIpc) is 2.52. The highest BCUT2D eigenvalue weighted by Crippen LogP contribution is 2.18. The molecule has 8 heteroatoms. The van der Waals surface area contributed by atoms with Crippen LogP contribution in [0.1, 0.15) is 25.7 Å². The Labute approximate surface area is 86.4 Å². The summed E-state index contributed by atoms with van der Waals surface area (Å²) in [7, 11) is -4.02. The van der Waals surface area contributed by atoms with Gasteiger partial charge in [-0.1, -0.05) is 12.8 Å². The van der Waals surface area contributed by atoms with Gasteiger partial charge in [0.2, 0.25) is 0 Å². The van der Waals surface area contributed by atoms with Gasteiger partial charge in [0, 0.05) is 6.04 Å². The quantitative estimate of drug-likeness (QED) is 0.774. The summed E-state index contributed by atoms with van der Waals surface area (Å²) in [4.78, 5) is 0. The Kier molecular flexibility index (Phi) is 3.96. The van der Waals surface area contributed by atoms with Gasteiger partial charge in [-0.2, -0.15) is 31.0 Å². The molecular formula is C7H13F3N2O2S. The van der Waals surface area contributed by atoms with Crippen LogP contribution < -0.4 is 9.44 Å². The van der Waals surface area contributed by atoms with E-state index in [1.807, 2.05) is 0 Å². The largest absolute Gasteiger partial charge is 0.402 e. The van der Waals surface area contributed by atoms with Crippen LogP contribution in [0.25, 0.3) is 0 Å². The summed E-state index contributed by atoms with van der Waals surface area (Å²) in [6, 6.07) is -0.226. The first kappa shape index (κ1) is 12.7. The van der Waals surface area contributed by atoms with Crippen molar-refractivity contribution in [3.63, 3.8) is 0 Å². The number of nitrogens with one attached hydrogen (secondary N) is 2. The maximum Gasteiger partial charge on any atom is 0.402 e. The van der Waals surface area contributed by atoms with Crippen LogP contribution >= 0.6 is 0 Å². The molecule has 4 nitrogen and oxygen atoms in total. The molecule has 0 atom stereocenters. The minimum Gasteiger partial charge on any atom is -0.199 e. The number of halogens is 3. The normalized spacial score (nSPS) is 19.7. The third-order valence-electron chi connectivity index (χ3n) is 2.14. The second-order valence-corrected chi connectivity index (χ2v) is 5.07. The van der Waals surface area contributed by atoms with Crippen LogP contribution in [0.15, 0.2) is 0 Å². The predicted octanol–water partition coefficient (Wildman–Crippen LogP) is 0.915. The Balaban J connectivity index is 2.38. The van der Waals surface area contributed by atoms with E-state index in [-0.39, 0.29) is 6.04 Å². The second kappa shape index (κ2) is 4.67. The van der Waals surface area contributed by atoms with E-state index in [4.69, 9.17) is 0 Å². The third kappa shape index (κ3) is 5.33. The van der Waals surface area contributed by atoms with E-state index in [9.17, 15) is 21.6 Å². The lowest BCUT2D eigenvalue weighted by molar-refractivity contribution is -0.121. The molecule has 2 N–H and O–H groups in total. The van der Waals surface area contributed by atoms with Crippen LogP contribution in [0.4, 0.5) is 13.2 Å². The van der Waals surface area contributed by atoms with Gasteiger partial charge in [-0.3, -0.25) is 0 Å². The molecule has 1 fully saturated rings. The molecule has 90 valence electrons. The van der Waals surface area contributed by atoms with Gasteiger partial charge >= 0.3 is 6.18 Å². The van der Waals surface area contributed by atoms with E-state index in [0.29, 0.717) is 12.8 Å². The molecule has 1 rings (SSSR count). The van der Waals surface area contributed by atoms with E-state index >= 15 is 0 Å². The van der Waals surface area contributed by atoms with Crippen molar-refractivity contribution in [2.24, 2.45) is 0 Å². The molecule has 0 spiro atoms. The highest BCUT2D eigenvalue weighted by Gasteiger charge is 2.30. The van der Waals surface area contributed by atoms with Gasteiger partial charge < -0.3 is 0 Å². The van der Waals surface area contributed by atoms with Crippen LogP contribution in [0, 0.1) is 0 Å². The van der Waals surface area contributed by atoms with E-state index < -0.39 is 22.9 Å². The molecule has 0 saturated heterocycles. The minimum atomic E-state index is -4.52. The van der Waals surface area contributed by atoms with Crippen molar-refractivity contribution in [3.8, 4) is 0 Å². The van der Waals surface area contributed by atoms with E-state index in [0.717, 1.165) is 12.8 Å². The van der Waals surface area contributed by atoms with Gasteiger partial charge in [0.25, 0.3) is 10.2 Å². The molecule has 1 aliphatic rings. The highest BCUT2D eigenvalue weighted by molar-refractivity contribution is 7.87. The number of hydrogen-bond acceptors (Lipinski definition) is 2. The first-order valence-electron chi connectivity index (χ1n) is 4.62. The Morgan fingerprint density at radius 1 is 1.20 bits per heavy atom. The zero-order valence-electron chi connectivity index (χ0n) is 7.97. The van der Waals surface area contributed by atoms with Gasteiger partial charge in [-0.15, -0.1) is 0 Å². The summed E-state index contributed by atoms with van der Waals surface area (Å²) in [6.07, 6.45) is -1.33. The summed E-state index contributed by atoms with van der Waals surface area (Å²) in [5, 5.41) is 0. The number of rotatable bonds is 4. The molecule has 0 radical (unpaired) electrons. The van der Waals surface area contributed by atoms with Crippen LogP contribution in [0.5, 0.6) is 0 Å². The van der Waals surface area contributed by atoms with Crippen molar-refractivity contribution in [1.82, 2.24) is 9.44 Å². The monoisotopic (exact) mass is 246 g/mol. The van der Waals surface area contributed by atoms with Gasteiger partial charge in [-0.05, 0) is 12.8 Å². The standard InChI is InChI=1S/C7H13F3N2O2S/c8-7(9,10)5-11-15(13,14)12-6-3-1-2-4-6/h6,11-12H,1-5H2. The second-order valence-electron chi connectivity index (χ2n) is 3.54. The Bertz CT molecular complexity index is 296. The molecular weight excluding hydrogens is 233 g/mol. The van der Waals surface area contributed by atoms with E-state index in [2.05, 4.69) is 4.72 Å². The molecule has 0 aromatic rings. The Morgan fingerprint density at radius 3 is 2.20 bits per heavy atom. The predicted molar refractivity (Wildman–Crippen MR) is 48.4 cm³/mol. The lowest BCUT2D eigenvalue weighted by atomic mass is 10.3. The topological polar surface area (TPSA) is 58.2 Å². The fraction of sp³-hybridized carbons (Fsp3) is 1.00. The fourth-order valence-corrected chi connectivity index (χ4v) is 2.59. The molecule has 0 heterocycles. The Hall–Kier alpha value is -0.340. The van der Waals surface area contributed by atoms with Gasteiger partial charge in [0.1, 0.15) is 6.54 Å². The van der Waals surface area contributed by atoms with Crippen LogP contribution in [-0.2, 0) is 10.2 Å². The molecule has 0 aromatic heterocycles. The molecule has 0 amide bonds. The van der Waals surface area contributed by atoms with E-state index in [1.165, 1.54) is 4.72 Å². The molecule has 0 aromatic carbocycles. The Morgan fingerprint density at radius 2 is 1.73 bits per heavy atom. The van der Waals surface area contributed by atoms with Crippen molar-refractivity contribution >= 4 is 10.2 Å². The zero-order valence-corrected chi connectivity index (χ0v) is 8.79. The highest BCUT2D eigenvalue weighted by atomic mass is 32.2. The molecule has 0 aliphatic heterocycles. The SMILES string of the molecule is O=S(=O)(NCC(F)(F)F)NC1CCCC1. The van der Waals surface area contributed by atoms with Crippen molar-refractivity contribution in [2.75, 3.05) is 6.54 Å². The van der Waals surface area contributed by atoms with Crippen molar-refractivity contribution in [3.05, 3.63) is 0 Å².